The predicted molar refractivity (Wildman–Crippen MR) is 88.7 cm³/mol. The molecule has 134 valence electrons. The Labute approximate surface area is 144 Å². The molecule has 2 rings (SSSR count). The molecule has 0 spiro atoms. The summed E-state index contributed by atoms with van der Waals surface area (Å²) >= 11 is 1.17. The molecule has 1 fully saturated rings. The molecular formula is C17H23F3N2OS. The van der Waals surface area contributed by atoms with Crippen LogP contribution in [0.25, 0.3) is 0 Å². The molecule has 1 heterocycles. The van der Waals surface area contributed by atoms with Crippen LogP contribution in [0.3, 0.4) is 0 Å². The summed E-state index contributed by atoms with van der Waals surface area (Å²) in [6.45, 7) is 6.10. The highest BCUT2D eigenvalue weighted by atomic mass is 32.2. The van der Waals surface area contributed by atoms with Crippen molar-refractivity contribution in [1.29, 1.82) is 0 Å². The number of hydrogen-bond acceptors (Lipinski definition) is 3. The van der Waals surface area contributed by atoms with Crippen LogP contribution in [0.1, 0.15) is 45.6 Å². The number of thioether (sulfide) groups is 1. The Bertz CT molecular complexity index is 562. The second-order valence-corrected chi connectivity index (χ2v) is 7.89. The SMILES string of the molecule is C[C@H]1[C@@H](C)CCC[C@H]1NC(=O)[C@H](C)Sc1ccc(C(F)(F)F)cn1. The Hall–Kier alpha value is -1.24. The van der Waals surface area contributed by atoms with Gasteiger partial charge in [-0.3, -0.25) is 4.79 Å². The maximum Gasteiger partial charge on any atom is 0.417 e. The van der Waals surface area contributed by atoms with Crippen molar-refractivity contribution in [1.82, 2.24) is 10.3 Å². The Kier molecular flexibility index (Phi) is 6.17. The molecule has 1 amide bonds. The minimum Gasteiger partial charge on any atom is -0.352 e. The number of aromatic nitrogens is 1. The lowest BCUT2D eigenvalue weighted by Crippen LogP contribution is -2.46. The van der Waals surface area contributed by atoms with Gasteiger partial charge in [-0.1, -0.05) is 38.5 Å². The van der Waals surface area contributed by atoms with Crippen molar-refractivity contribution in [3.05, 3.63) is 23.9 Å². The van der Waals surface area contributed by atoms with E-state index < -0.39 is 17.0 Å². The van der Waals surface area contributed by atoms with E-state index in [0.717, 1.165) is 25.1 Å². The zero-order chi connectivity index (χ0) is 17.9. The maximum absolute atomic E-state index is 12.5. The van der Waals surface area contributed by atoms with Gasteiger partial charge >= 0.3 is 6.18 Å². The average Bonchev–Trinajstić information content (AvgIpc) is 2.51. The minimum absolute atomic E-state index is 0.0901. The van der Waals surface area contributed by atoms with E-state index in [9.17, 15) is 18.0 Å². The first-order chi connectivity index (χ1) is 11.2. The van der Waals surface area contributed by atoms with Crippen LogP contribution in [0.2, 0.25) is 0 Å². The fourth-order valence-corrected chi connectivity index (χ4v) is 3.74. The lowest BCUT2D eigenvalue weighted by atomic mass is 9.78. The van der Waals surface area contributed by atoms with Gasteiger partial charge in [-0.05, 0) is 37.3 Å². The van der Waals surface area contributed by atoms with Crippen molar-refractivity contribution < 1.29 is 18.0 Å². The van der Waals surface area contributed by atoms with Gasteiger partial charge in [-0.15, -0.1) is 0 Å². The molecule has 0 radical (unpaired) electrons. The third-order valence-corrected chi connectivity index (χ3v) is 5.82. The third-order valence-electron chi connectivity index (χ3n) is 4.76. The fourth-order valence-electron chi connectivity index (χ4n) is 2.94. The summed E-state index contributed by atoms with van der Waals surface area (Å²) in [6, 6.07) is 2.47. The average molecular weight is 360 g/mol. The van der Waals surface area contributed by atoms with Crippen LogP contribution in [0.4, 0.5) is 13.2 Å². The van der Waals surface area contributed by atoms with Gasteiger partial charge in [0.2, 0.25) is 5.91 Å². The molecule has 1 aliphatic carbocycles. The molecule has 1 N–H and O–H groups in total. The Balaban J connectivity index is 1.91. The molecule has 1 aromatic heterocycles. The number of halogens is 3. The summed E-state index contributed by atoms with van der Waals surface area (Å²) < 4.78 is 37.6. The highest BCUT2D eigenvalue weighted by molar-refractivity contribution is 8.00. The first-order valence-electron chi connectivity index (χ1n) is 8.18. The Morgan fingerprint density at radius 1 is 1.33 bits per heavy atom. The molecule has 0 aromatic carbocycles. The maximum atomic E-state index is 12.5. The number of alkyl halides is 3. The van der Waals surface area contributed by atoms with E-state index in [0.29, 0.717) is 16.9 Å². The zero-order valence-corrected chi connectivity index (χ0v) is 14.9. The molecular weight excluding hydrogens is 337 g/mol. The number of carbonyl (C=O) groups excluding carboxylic acids is 1. The Morgan fingerprint density at radius 2 is 2.04 bits per heavy atom. The van der Waals surface area contributed by atoms with Crippen LogP contribution in [0.15, 0.2) is 23.4 Å². The molecule has 1 saturated carbocycles. The van der Waals surface area contributed by atoms with Gasteiger partial charge in [0.15, 0.2) is 0 Å². The first-order valence-corrected chi connectivity index (χ1v) is 9.06. The highest BCUT2D eigenvalue weighted by Gasteiger charge is 2.31. The summed E-state index contributed by atoms with van der Waals surface area (Å²) in [5.41, 5.74) is -0.783. The number of rotatable bonds is 4. The first kappa shape index (κ1) is 19.1. The van der Waals surface area contributed by atoms with Crippen LogP contribution < -0.4 is 5.32 Å². The number of carbonyl (C=O) groups is 1. The van der Waals surface area contributed by atoms with Crippen molar-refractivity contribution in [3.63, 3.8) is 0 Å². The summed E-state index contributed by atoms with van der Waals surface area (Å²) in [4.78, 5) is 16.2. The topological polar surface area (TPSA) is 42.0 Å². The predicted octanol–water partition coefficient (Wildman–Crippen LogP) is 4.52. The van der Waals surface area contributed by atoms with E-state index in [1.165, 1.54) is 24.2 Å². The molecule has 4 atom stereocenters. The molecule has 0 unspecified atom stereocenters. The zero-order valence-electron chi connectivity index (χ0n) is 14.1. The van der Waals surface area contributed by atoms with E-state index in [4.69, 9.17) is 0 Å². The quantitative estimate of drug-likeness (QED) is 0.803. The van der Waals surface area contributed by atoms with Crippen molar-refractivity contribution in [3.8, 4) is 0 Å². The second-order valence-electron chi connectivity index (χ2n) is 6.53. The van der Waals surface area contributed by atoms with E-state index in [1.807, 2.05) is 0 Å². The number of hydrogen-bond donors (Lipinski definition) is 1. The van der Waals surface area contributed by atoms with E-state index >= 15 is 0 Å². The largest absolute Gasteiger partial charge is 0.417 e. The molecule has 1 aromatic rings. The number of nitrogens with zero attached hydrogens (tertiary/aromatic N) is 1. The van der Waals surface area contributed by atoms with Crippen LogP contribution in [0, 0.1) is 11.8 Å². The lowest BCUT2D eigenvalue weighted by Gasteiger charge is -2.35. The smallest absolute Gasteiger partial charge is 0.352 e. The van der Waals surface area contributed by atoms with E-state index in [-0.39, 0.29) is 11.9 Å². The molecule has 24 heavy (non-hydrogen) atoms. The van der Waals surface area contributed by atoms with Crippen molar-refractivity contribution in [2.75, 3.05) is 0 Å². The molecule has 7 heteroatoms. The summed E-state index contributed by atoms with van der Waals surface area (Å²) in [7, 11) is 0. The van der Waals surface area contributed by atoms with Crippen LogP contribution >= 0.6 is 11.8 Å². The van der Waals surface area contributed by atoms with Crippen LogP contribution in [-0.2, 0) is 11.0 Å². The number of amides is 1. The monoisotopic (exact) mass is 360 g/mol. The summed E-state index contributed by atoms with van der Waals surface area (Å²) in [5.74, 6) is 0.931. The molecule has 0 aliphatic heterocycles. The second kappa shape index (κ2) is 7.76. The van der Waals surface area contributed by atoms with Gasteiger partial charge < -0.3 is 5.32 Å². The molecule has 3 nitrogen and oxygen atoms in total. The third kappa shape index (κ3) is 4.88. The normalized spacial score (nSPS) is 26.0. The molecule has 0 bridgehead atoms. The Morgan fingerprint density at radius 3 is 2.62 bits per heavy atom. The minimum atomic E-state index is -4.40. The van der Waals surface area contributed by atoms with Crippen molar-refractivity contribution >= 4 is 17.7 Å². The molecule has 0 saturated heterocycles. The molecule has 1 aliphatic rings. The van der Waals surface area contributed by atoms with Gasteiger partial charge in [-0.25, -0.2) is 4.98 Å². The van der Waals surface area contributed by atoms with Gasteiger partial charge in [0.1, 0.15) is 0 Å². The van der Waals surface area contributed by atoms with Crippen LogP contribution in [0.5, 0.6) is 0 Å². The highest BCUT2D eigenvalue weighted by Crippen LogP contribution is 2.31. The van der Waals surface area contributed by atoms with Crippen LogP contribution in [-0.4, -0.2) is 22.2 Å². The van der Waals surface area contributed by atoms with Crippen molar-refractivity contribution in [2.24, 2.45) is 11.8 Å². The summed E-state index contributed by atoms with van der Waals surface area (Å²) in [5, 5.41) is 3.10. The lowest BCUT2D eigenvalue weighted by molar-refractivity contribution is -0.137. The number of nitrogens with one attached hydrogen (secondary N) is 1. The summed E-state index contributed by atoms with van der Waals surface area (Å²) in [6.07, 6.45) is -0.316. The van der Waals surface area contributed by atoms with Gasteiger partial charge in [0.25, 0.3) is 0 Å². The van der Waals surface area contributed by atoms with Gasteiger partial charge in [0.05, 0.1) is 15.8 Å². The van der Waals surface area contributed by atoms with E-state index in [2.05, 4.69) is 24.1 Å². The number of pyridine rings is 1. The van der Waals surface area contributed by atoms with Gasteiger partial charge in [-0.2, -0.15) is 13.2 Å². The fraction of sp³-hybridized carbons (Fsp3) is 0.647. The van der Waals surface area contributed by atoms with Crippen molar-refractivity contribution in [2.45, 2.75) is 62.5 Å². The van der Waals surface area contributed by atoms with E-state index in [1.54, 1.807) is 6.92 Å². The van der Waals surface area contributed by atoms with Gasteiger partial charge in [0, 0.05) is 12.2 Å². The standard InChI is InChI=1S/C17H23F3N2OS/c1-10-5-4-6-14(11(10)2)22-16(23)12(3)24-15-8-7-13(9-21-15)17(18,19)20/h7-12,14H,4-6H2,1-3H3,(H,22,23)/t10-,11-,12-,14+/m0/s1.